The molecule has 13 heteroatoms. The van der Waals surface area contributed by atoms with Crippen molar-refractivity contribution in [1.29, 1.82) is 0 Å². The van der Waals surface area contributed by atoms with Crippen LogP contribution in [0, 0.1) is 0 Å². The van der Waals surface area contributed by atoms with Crippen LogP contribution in [-0.2, 0) is 14.8 Å². The smallest absolute Gasteiger partial charge is 0.338 e. The van der Waals surface area contributed by atoms with E-state index in [2.05, 4.69) is 17.0 Å². The lowest BCUT2D eigenvalue weighted by molar-refractivity contribution is 0.0526. The molecule has 3 aromatic rings. The molecule has 0 fully saturated rings. The number of nitrogens with zero attached hydrogens (tertiary/aromatic N) is 1. The third-order valence-electron chi connectivity index (χ3n) is 8.70. The highest BCUT2D eigenvalue weighted by Crippen LogP contribution is 2.40. The van der Waals surface area contributed by atoms with Gasteiger partial charge < -0.3 is 25.6 Å². The van der Waals surface area contributed by atoms with Gasteiger partial charge in [-0.2, -0.15) is 0 Å². The Morgan fingerprint density at radius 3 is 2.08 bits per heavy atom. The summed E-state index contributed by atoms with van der Waals surface area (Å²) in [5, 5.41) is 14.7. The predicted octanol–water partition coefficient (Wildman–Crippen LogP) is 10.5. The maximum absolute atomic E-state index is 12.7. The van der Waals surface area contributed by atoms with Crippen LogP contribution < -0.4 is 25.4 Å². The largest absolute Gasteiger partial charge is 0.506 e. The molecule has 0 bridgehead atoms. The number of ether oxygens (including phenoxy) is 2. The van der Waals surface area contributed by atoms with E-state index in [9.17, 15) is 23.1 Å². The topological polar surface area (TPSA) is 160 Å². The number of rotatable bonds is 25. The number of esters is 1. The number of unbranched alkanes of at least 4 members (excludes halogenated alkanes) is 11. The predicted molar refractivity (Wildman–Crippen MR) is 215 cm³/mol. The van der Waals surface area contributed by atoms with E-state index in [1.165, 1.54) is 69.6 Å². The molecule has 11 nitrogen and oxygen atoms in total. The van der Waals surface area contributed by atoms with Gasteiger partial charge in [0.15, 0.2) is 6.23 Å². The number of phenolic OH excluding ortho intramolecular Hbond substituents is 1. The lowest BCUT2D eigenvalue weighted by atomic mass is 10.0. The van der Waals surface area contributed by atoms with E-state index >= 15 is 0 Å². The Morgan fingerprint density at radius 1 is 0.849 bits per heavy atom. The van der Waals surface area contributed by atoms with Gasteiger partial charge in [-0.1, -0.05) is 102 Å². The molecule has 3 rings (SSSR count). The molecule has 0 saturated heterocycles. The van der Waals surface area contributed by atoms with Crippen LogP contribution in [0.2, 0.25) is 5.02 Å². The van der Waals surface area contributed by atoms with Crippen molar-refractivity contribution in [2.24, 2.45) is 5.73 Å². The highest BCUT2D eigenvalue weighted by molar-refractivity contribution is 7.92. The third-order valence-corrected chi connectivity index (χ3v) is 10.4. The van der Waals surface area contributed by atoms with Crippen LogP contribution in [0.3, 0.4) is 0 Å². The molecule has 0 spiro atoms. The van der Waals surface area contributed by atoms with E-state index in [0.29, 0.717) is 30.0 Å². The lowest BCUT2D eigenvalue weighted by Crippen LogP contribution is -2.32. The summed E-state index contributed by atoms with van der Waals surface area (Å²) < 4.78 is 38.8. The fraction of sp³-hybridized carbons (Fsp3) is 0.500. The molecule has 3 aromatic carbocycles. The van der Waals surface area contributed by atoms with Crippen LogP contribution in [0.15, 0.2) is 60.7 Å². The fourth-order valence-corrected chi connectivity index (χ4v) is 7.35. The van der Waals surface area contributed by atoms with Gasteiger partial charge in [0, 0.05) is 18.2 Å². The van der Waals surface area contributed by atoms with Crippen molar-refractivity contribution >= 4 is 56.4 Å². The normalized spacial score (nSPS) is 11.8. The number of halogens is 1. The van der Waals surface area contributed by atoms with Gasteiger partial charge >= 0.3 is 12.0 Å². The van der Waals surface area contributed by atoms with Crippen LogP contribution in [0.5, 0.6) is 11.5 Å². The maximum atomic E-state index is 12.7. The number of anilines is 4. The molecule has 292 valence electrons. The van der Waals surface area contributed by atoms with E-state index < -0.39 is 28.3 Å². The molecule has 5 N–H and O–H groups in total. The van der Waals surface area contributed by atoms with Gasteiger partial charge in [0.05, 0.1) is 40.0 Å². The van der Waals surface area contributed by atoms with E-state index in [0.717, 1.165) is 30.6 Å². The average Bonchev–Trinajstić information content (AvgIpc) is 3.12. The summed E-state index contributed by atoms with van der Waals surface area (Å²) in [7, 11) is -3.45. The second-order valence-corrected chi connectivity index (χ2v) is 15.4. The molecule has 0 aromatic heterocycles. The second kappa shape index (κ2) is 22.8. The van der Waals surface area contributed by atoms with Gasteiger partial charge in [-0.25, -0.2) is 18.0 Å². The summed E-state index contributed by atoms with van der Waals surface area (Å²) in [4.78, 5) is 26.1. The van der Waals surface area contributed by atoms with Crippen LogP contribution in [0.1, 0.15) is 121 Å². The van der Waals surface area contributed by atoms with E-state index in [1.54, 1.807) is 49.4 Å². The number of hydrogen-bond acceptors (Lipinski definition) is 8. The van der Waals surface area contributed by atoms with E-state index in [-0.39, 0.29) is 40.1 Å². The number of sulfonamides is 1. The molecule has 53 heavy (non-hydrogen) atoms. The number of phenols is 1. The summed E-state index contributed by atoms with van der Waals surface area (Å²) in [6, 6.07) is 14.8. The number of carbonyl (C=O) groups is 2. The number of urea groups is 1. The quantitative estimate of drug-likeness (QED) is 0.0376. The monoisotopic (exact) mass is 772 g/mol. The van der Waals surface area contributed by atoms with Crippen molar-refractivity contribution in [1.82, 2.24) is 0 Å². The standard InChI is InChI=1S/C40H57ClN4O7S/c1-4-7-9-10-11-12-13-14-15-16-17-21-38(52-33-24-22-31(23-25-33)44-53(49,50)26-8-5-2)43-35-29-37(46)36(28-34(35)41)45(40(42)48)32-20-18-19-30(27-32)39(47)51-6-3/h18-20,22-25,27-29,38,43-44,46H,4-17,21,26H2,1-3H3,(H2,42,48). The highest BCUT2D eigenvalue weighted by Gasteiger charge is 2.23. The van der Waals surface area contributed by atoms with Gasteiger partial charge in [-0.3, -0.25) is 9.62 Å². The maximum Gasteiger partial charge on any atom is 0.338 e. The molecule has 0 aliphatic rings. The molecule has 1 unspecified atom stereocenters. The van der Waals surface area contributed by atoms with Crippen LogP contribution in [0.4, 0.5) is 27.5 Å². The number of amides is 2. The number of primary amides is 1. The molecule has 1 atom stereocenters. The Bertz CT molecular complexity index is 1690. The minimum atomic E-state index is -3.45. The highest BCUT2D eigenvalue weighted by atomic mass is 35.5. The number of hydrogen-bond donors (Lipinski definition) is 4. The fourth-order valence-electron chi connectivity index (χ4n) is 5.87. The van der Waals surface area contributed by atoms with Crippen molar-refractivity contribution in [2.75, 3.05) is 27.3 Å². The molecule has 2 amide bonds. The van der Waals surface area contributed by atoms with Crippen molar-refractivity contribution in [2.45, 2.75) is 117 Å². The summed E-state index contributed by atoms with van der Waals surface area (Å²) >= 11 is 6.75. The van der Waals surface area contributed by atoms with Gasteiger partial charge in [0.1, 0.15) is 11.5 Å². The lowest BCUT2D eigenvalue weighted by Gasteiger charge is -2.25. The zero-order valence-corrected chi connectivity index (χ0v) is 32.9. The summed E-state index contributed by atoms with van der Waals surface area (Å²) in [6.45, 7) is 6.05. The first-order valence-electron chi connectivity index (χ1n) is 18.9. The van der Waals surface area contributed by atoms with Crippen molar-refractivity contribution in [3.63, 3.8) is 0 Å². The molecular formula is C40H57ClN4O7S. The van der Waals surface area contributed by atoms with Gasteiger partial charge in [0.2, 0.25) is 10.0 Å². The summed E-state index contributed by atoms with van der Waals surface area (Å²) in [5.41, 5.74) is 7.03. The minimum Gasteiger partial charge on any atom is -0.506 e. The minimum absolute atomic E-state index is 0.0221. The molecule has 0 aliphatic heterocycles. The molecule has 0 aliphatic carbocycles. The Balaban J connectivity index is 1.76. The number of carbonyl (C=O) groups excluding carboxylic acids is 2. The number of nitrogens with two attached hydrogens (primary N) is 1. The molecule has 0 radical (unpaired) electrons. The van der Waals surface area contributed by atoms with Crippen molar-refractivity contribution in [3.05, 3.63) is 71.2 Å². The third kappa shape index (κ3) is 15.0. The van der Waals surface area contributed by atoms with Crippen LogP contribution in [0.25, 0.3) is 0 Å². The Hall–Kier alpha value is -4.16. The Labute approximate surface area is 320 Å². The number of nitrogens with one attached hydrogen (secondary N) is 2. The van der Waals surface area contributed by atoms with Crippen LogP contribution in [-0.4, -0.2) is 44.1 Å². The molecule has 0 heterocycles. The second-order valence-electron chi connectivity index (χ2n) is 13.1. The number of aromatic hydroxyl groups is 1. The van der Waals surface area contributed by atoms with Crippen molar-refractivity contribution < 1.29 is 32.6 Å². The first-order chi connectivity index (χ1) is 25.5. The Morgan fingerprint density at radius 2 is 1.47 bits per heavy atom. The van der Waals surface area contributed by atoms with Gasteiger partial charge in [0.25, 0.3) is 0 Å². The van der Waals surface area contributed by atoms with Gasteiger partial charge in [-0.05, 0) is 68.3 Å². The zero-order valence-electron chi connectivity index (χ0n) is 31.4. The Kier molecular flexibility index (Phi) is 18.6. The van der Waals surface area contributed by atoms with Crippen LogP contribution >= 0.6 is 11.6 Å². The first kappa shape index (κ1) is 43.2. The van der Waals surface area contributed by atoms with Gasteiger partial charge in [-0.15, -0.1) is 0 Å². The number of benzene rings is 3. The molecule has 0 saturated carbocycles. The molecular weight excluding hydrogens is 716 g/mol. The SMILES string of the molecule is CCCCCCCCCCCCCC(Nc1cc(O)c(N(C(N)=O)c2cccc(C(=O)OCC)c2)cc1Cl)Oc1ccc(NS(=O)(=O)CCCC)cc1. The van der Waals surface area contributed by atoms with E-state index in [4.69, 9.17) is 26.8 Å². The average molecular weight is 773 g/mol. The summed E-state index contributed by atoms with van der Waals surface area (Å²) in [6.07, 6.45) is 14.6. The zero-order chi connectivity index (χ0) is 38.6. The van der Waals surface area contributed by atoms with E-state index in [1.807, 2.05) is 6.92 Å². The summed E-state index contributed by atoms with van der Waals surface area (Å²) in [5.74, 6) is -0.283. The van der Waals surface area contributed by atoms with Crippen molar-refractivity contribution in [3.8, 4) is 11.5 Å². The first-order valence-corrected chi connectivity index (χ1v) is 20.9.